The Bertz CT molecular complexity index is 1240. The van der Waals surface area contributed by atoms with Crippen LogP contribution in [-0.2, 0) is 23.9 Å². The number of alkyl halides is 3. The maximum absolute atomic E-state index is 13.3. The fraction of sp³-hybridized carbons (Fsp3) is 0.238. The van der Waals surface area contributed by atoms with Gasteiger partial charge in [0.1, 0.15) is 18.0 Å². The molecule has 1 aromatic carbocycles. The Hall–Kier alpha value is -4.27. The first-order valence-electron chi connectivity index (χ1n) is 9.66. The highest BCUT2D eigenvalue weighted by Gasteiger charge is 2.34. The molecule has 0 bridgehead atoms. The zero-order valence-electron chi connectivity index (χ0n) is 17.2. The average Bonchev–Trinajstić information content (AvgIpc) is 2.83. The van der Waals surface area contributed by atoms with Gasteiger partial charge < -0.3 is 15.0 Å². The molecule has 2 aromatic heterocycles. The maximum Gasteiger partial charge on any atom is 0.417 e. The van der Waals surface area contributed by atoms with Crippen LogP contribution < -0.4 is 10.2 Å². The minimum Gasteiger partial charge on any atom is -0.464 e. The van der Waals surface area contributed by atoms with Crippen LogP contribution in [0.2, 0.25) is 0 Å². The Morgan fingerprint density at radius 3 is 2.70 bits per heavy atom. The molecule has 1 aliphatic heterocycles. The molecule has 12 heteroatoms. The topological polar surface area (TPSA) is 117 Å². The lowest BCUT2D eigenvalue weighted by molar-refractivity contribution is -0.137. The van der Waals surface area contributed by atoms with Gasteiger partial charge in [0.15, 0.2) is 5.69 Å². The van der Waals surface area contributed by atoms with Crippen LogP contribution in [0.4, 0.5) is 30.5 Å². The highest BCUT2D eigenvalue weighted by Crippen LogP contribution is 2.36. The van der Waals surface area contributed by atoms with Crippen LogP contribution in [0.15, 0.2) is 36.9 Å². The minimum absolute atomic E-state index is 0.0593. The van der Waals surface area contributed by atoms with E-state index in [9.17, 15) is 18.0 Å². The van der Waals surface area contributed by atoms with Crippen molar-refractivity contribution in [2.75, 3.05) is 23.9 Å². The SMILES string of the molecule is COC(=O)c1cnc(Nc2ncnc3c2CCN(c2ccc(C#N)c(C(F)(F)F)c2)C3)cn1. The summed E-state index contributed by atoms with van der Waals surface area (Å²) in [6.07, 6.45) is -0.176. The van der Waals surface area contributed by atoms with Crippen LogP contribution in [0.5, 0.6) is 0 Å². The van der Waals surface area contributed by atoms with Crippen molar-refractivity contribution in [3.05, 3.63) is 65.0 Å². The molecule has 168 valence electrons. The number of anilines is 3. The highest BCUT2D eigenvalue weighted by atomic mass is 19.4. The monoisotopic (exact) mass is 455 g/mol. The fourth-order valence-electron chi connectivity index (χ4n) is 3.47. The van der Waals surface area contributed by atoms with Crippen LogP contribution >= 0.6 is 0 Å². The molecule has 0 unspecified atom stereocenters. The molecular weight excluding hydrogens is 439 g/mol. The smallest absolute Gasteiger partial charge is 0.417 e. The number of hydrogen-bond donors (Lipinski definition) is 1. The van der Waals surface area contributed by atoms with Crippen LogP contribution in [0.3, 0.4) is 0 Å². The fourth-order valence-corrected chi connectivity index (χ4v) is 3.47. The Kier molecular flexibility index (Phi) is 5.78. The van der Waals surface area contributed by atoms with Gasteiger partial charge in [0.05, 0.1) is 48.9 Å². The van der Waals surface area contributed by atoms with E-state index in [1.165, 1.54) is 38.0 Å². The van der Waals surface area contributed by atoms with Crippen LogP contribution in [-0.4, -0.2) is 39.6 Å². The molecule has 3 heterocycles. The summed E-state index contributed by atoms with van der Waals surface area (Å²) in [5.41, 5.74) is 0.477. The van der Waals surface area contributed by atoms with Crippen LogP contribution in [0, 0.1) is 11.3 Å². The van der Waals surface area contributed by atoms with Crippen molar-refractivity contribution < 1.29 is 22.7 Å². The van der Waals surface area contributed by atoms with Gasteiger partial charge in [-0.25, -0.2) is 24.7 Å². The first kappa shape index (κ1) is 21.9. The molecule has 1 aliphatic rings. The van der Waals surface area contributed by atoms with Gasteiger partial charge in [0, 0.05) is 17.8 Å². The van der Waals surface area contributed by atoms with Gasteiger partial charge in [-0.3, -0.25) is 0 Å². The first-order valence-corrected chi connectivity index (χ1v) is 9.66. The van der Waals surface area contributed by atoms with E-state index < -0.39 is 23.3 Å². The number of rotatable bonds is 4. The number of carbonyl (C=O) groups excluding carboxylic acids is 1. The lowest BCUT2D eigenvalue weighted by Crippen LogP contribution is -2.32. The molecule has 33 heavy (non-hydrogen) atoms. The predicted molar refractivity (Wildman–Crippen MR) is 110 cm³/mol. The van der Waals surface area contributed by atoms with Gasteiger partial charge in [-0.15, -0.1) is 0 Å². The number of hydrogen-bond acceptors (Lipinski definition) is 9. The molecule has 0 radical (unpaired) electrons. The lowest BCUT2D eigenvalue weighted by atomic mass is 10.0. The van der Waals surface area contributed by atoms with Gasteiger partial charge in [-0.05, 0) is 24.6 Å². The molecule has 0 spiro atoms. The largest absolute Gasteiger partial charge is 0.464 e. The van der Waals surface area contributed by atoms with E-state index in [0.717, 1.165) is 11.6 Å². The Balaban J connectivity index is 1.56. The third-order valence-corrected chi connectivity index (χ3v) is 5.09. The van der Waals surface area contributed by atoms with Crippen molar-refractivity contribution in [2.45, 2.75) is 19.1 Å². The normalized spacial score (nSPS) is 13.1. The number of methoxy groups -OCH3 is 1. The van der Waals surface area contributed by atoms with Gasteiger partial charge in [0.2, 0.25) is 0 Å². The van der Waals surface area contributed by atoms with E-state index in [4.69, 9.17) is 5.26 Å². The zero-order chi connectivity index (χ0) is 23.6. The standard InChI is InChI=1S/C21H16F3N7O2/c1-33-20(32)16-8-27-18(9-26-16)30-19-14-4-5-31(10-17(14)28-11-29-19)13-3-2-12(7-25)15(6-13)21(22,23)24/h2-3,6,8-9,11H,4-5,10H2,1H3,(H,27,28,29,30). The van der Waals surface area contributed by atoms with Crippen molar-refractivity contribution in [1.29, 1.82) is 5.26 Å². The molecule has 0 saturated heterocycles. The number of carbonyl (C=O) groups is 1. The van der Waals surface area contributed by atoms with Crippen LogP contribution in [0.25, 0.3) is 0 Å². The summed E-state index contributed by atoms with van der Waals surface area (Å²) >= 11 is 0. The summed E-state index contributed by atoms with van der Waals surface area (Å²) in [7, 11) is 1.24. The Labute approximate surface area is 185 Å². The van der Waals surface area contributed by atoms with E-state index in [-0.39, 0.29) is 12.2 Å². The summed E-state index contributed by atoms with van der Waals surface area (Å²) < 4.78 is 44.6. The second-order valence-corrected chi connectivity index (χ2v) is 7.06. The molecule has 4 rings (SSSR count). The third kappa shape index (κ3) is 4.52. The number of fused-ring (bicyclic) bond motifs is 1. The van der Waals surface area contributed by atoms with E-state index >= 15 is 0 Å². The van der Waals surface area contributed by atoms with Gasteiger partial charge >= 0.3 is 12.1 Å². The summed E-state index contributed by atoms with van der Waals surface area (Å²) in [5, 5.41) is 12.0. The van der Waals surface area contributed by atoms with E-state index in [1.54, 1.807) is 11.0 Å². The first-order chi connectivity index (χ1) is 15.8. The summed E-state index contributed by atoms with van der Waals surface area (Å²) in [6.45, 7) is 0.688. The van der Waals surface area contributed by atoms with Crippen molar-refractivity contribution in [2.24, 2.45) is 0 Å². The molecule has 0 saturated carbocycles. The number of benzene rings is 1. The molecule has 0 amide bonds. The number of aromatic nitrogens is 4. The number of nitrogens with one attached hydrogen (secondary N) is 1. The summed E-state index contributed by atoms with van der Waals surface area (Å²) in [6, 6.07) is 5.25. The van der Waals surface area contributed by atoms with Crippen molar-refractivity contribution in [1.82, 2.24) is 19.9 Å². The number of nitriles is 1. The Morgan fingerprint density at radius 1 is 1.21 bits per heavy atom. The maximum atomic E-state index is 13.3. The molecule has 0 fully saturated rings. The van der Waals surface area contributed by atoms with Gasteiger partial charge in [-0.2, -0.15) is 18.4 Å². The molecule has 9 nitrogen and oxygen atoms in total. The van der Waals surface area contributed by atoms with E-state index in [2.05, 4.69) is 30.0 Å². The van der Waals surface area contributed by atoms with E-state index in [0.29, 0.717) is 36.0 Å². The van der Waals surface area contributed by atoms with Crippen molar-refractivity contribution in [3.63, 3.8) is 0 Å². The summed E-state index contributed by atoms with van der Waals surface area (Å²) in [4.78, 5) is 29.9. The Morgan fingerprint density at radius 2 is 2.03 bits per heavy atom. The van der Waals surface area contributed by atoms with Crippen molar-refractivity contribution >= 4 is 23.3 Å². The molecular formula is C21H16F3N7O2. The lowest BCUT2D eigenvalue weighted by Gasteiger charge is -2.31. The molecule has 1 N–H and O–H groups in total. The van der Waals surface area contributed by atoms with Gasteiger partial charge in [-0.1, -0.05) is 0 Å². The number of ether oxygens (including phenoxy) is 1. The number of esters is 1. The molecule has 3 aromatic rings. The van der Waals surface area contributed by atoms with Gasteiger partial charge in [0.25, 0.3) is 0 Å². The second kappa shape index (κ2) is 8.70. The second-order valence-electron chi connectivity index (χ2n) is 7.06. The van der Waals surface area contributed by atoms with Crippen LogP contribution in [0.1, 0.15) is 32.9 Å². The predicted octanol–water partition coefficient (Wildman–Crippen LogP) is 3.25. The van der Waals surface area contributed by atoms with Crippen molar-refractivity contribution in [3.8, 4) is 6.07 Å². The quantitative estimate of drug-likeness (QED) is 0.592. The molecule has 0 aliphatic carbocycles. The average molecular weight is 455 g/mol. The highest BCUT2D eigenvalue weighted by molar-refractivity contribution is 5.86. The molecule has 0 atom stereocenters. The summed E-state index contributed by atoms with van der Waals surface area (Å²) in [5.74, 6) is 0.244. The minimum atomic E-state index is -4.63. The number of halogens is 3. The zero-order valence-corrected chi connectivity index (χ0v) is 17.2. The van der Waals surface area contributed by atoms with E-state index in [1.807, 2.05) is 0 Å². The third-order valence-electron chi connectivity index (χ3n) is 5.09. The number of nitrogens with zero attached hydrogens (tertiary/aromatic N) is 6.